The Bertz CT molecular complexity index is 398. The Hall–Kier alpha value is -1.66. The number of likely N-dealkylation sites (tertiary alicyclic amines) is 1. The summed E-state index contributed by atoms with van der Waals surface area (Å²) in [4.78, 5) is 13.2. The molecule has 3 nitrogen and oxygen atoms in total. The Morgan fingerprint density at radius 1 is 1.19 bits per heavy atom. The summed E-state index contributed by atoms with van der Waals surface area (Å²) in [5.41, 5.74) is 1.01. The smallest absolute Gasteiger partial charge is 0.135 e. The number of benzene rings is 1. The summed E-state index contributed by atoms with van der Waals surface area (Å²) in [5, 5.41) is 9.22. The molecule has 1 aliphatic rings. The van der Waals surface area contributed by atoms with Crippen LogP contribution >= 0.6 is 0 Å². The molecule has 0 aromatic heterocycles. The number of carbonyl (C=O) groups excluding carboxylic acids is 1. The van der Waals surface area contributed by atoms with E-state index in [9.17, 15) is 10.1 Å². The van der Waals surface area contributed by atoms with Crippen LogP contribution in [0.2, 0.25) is 0 Å². The van der Waals surface area contributed by atoms with Crippen LogP contribution in [-0.4, -0.2) is 23.8 Å². The van der Waals surface area contributed by atoms with Crippen LogP contribution in [0.1, 0.15) is 24.4 Å². The highest BCUT2D eigenvalue weighted by Gasteiger charge is 2.24. The zero-order valence-corrected chi connectivity index (χ0v) is 9.10. The van der Waals surface area contributed by atoms with Gasteiger partial charge in [-0.25, -0.2) is 0 Å². The number of piperidine rings is 1. The Morgan fingerprint density at radius 2 is 1.81 bits per heavy atom. The zero-order valence-electron chi connectivity index (χ0n) is 9.10. The third kappa shape index (κ3) is 2.29. The summed E-state index contributed by atoms with van der Waals surface area (Å²) >= 11 is 0. The quantitative estimate of drug-likeness (QED) is 0.755. The molecule has 0 amide bonds. The predicted octanol–water partition coefficient (Wildman–Crippen LogP) is 1.92. The molecule has 2 rings (SSSR count). The summed E-state index contributed by atoms with van der Waals surface area (Å²) in [6.07, 6.45) is 1.15. The monoisotopic (exact) mass is 214 g/mol. The van der Waals surface area contributed by atoms with Crippen molar-refractivity contribution in [1.82, 2.24) is 4.90 Å². The lowest BCUT2D eigenvalue weighted by atomic mass is 10.0. The van der Waals surface area contributed by atoms with E-state index in [2.05, 4.69) is 11.0 Å². The molecule has 1 aromatic rings. The van der Waals surface area contributed by atoms with Crippen molar-refractivity contribution in [2.45, 2.75) is 18.9 Å². The van der Waals surface area contributed by atoms with Crippen LogP contribution in [0.3, 0.4) is 0 Å². The van der Waals surface area contributed by atoms with Gasteiger partial charge in [-0.1, -0.05) is 30.3 Å². The third-order valence-corrected chi connectivity index (χ3v) is 2.96. The largest absolute Gasteiger partial charge is 0.300 e. The highest BCUT2D eigenvalue weighted by Crippen LogP contribution is 2.22. The molecule has 0 spiro atoms. The Morgan fingerprint density at radius 3 is 2.38 bits per heavy atom. The first kappa shape index (κ1) is 10.8. The molecule has 1 heterocycles. The maximum Gasteiger partial charge on any atom is 0.135 e. The fourth-order valence-electron chi connectivity index (χ4n) is 2.03. The van der Waals surface area contributed by atoms with E-state index in [1.165, 1.54) is 0 Å². The topological polar surface area (TPSA) is 44.1 Å². The summed E-state index contributed by atoms with van der Waals surface area (Å²) in [6, 6.07) is 11.8. The number of carbonyl (C=O) groups is 1. The first-order valence-electron chi connectivity index (χ1n) is 5.51. The Labute approximate surface area is 95.3 Å². The van der Waals surface area contributed by atoms with Crippen molar-refractivity contribution in [1.29, 1.82) is 5.26 Å². The minimum Gasteiger partial charge on any atom is -0.300 e. The van der Waals surface area contributed by atoms with E-state index in [0.29, 0.717) is 31.7 Å². The zero-order chi connectivity index (χ0) is 11.4. The highest BCUT2D eigenvalue weighted by atomic mass is 16.1. The van der Waals surface area contributed by atoms with Gasteiger partial charge in [0.2, 0.25) is 0 Å². The first-order chi connectivity index (χ1) is 7.81. The summed E-state index contributed by atoms with van der Waals surface area (Å²) < 4.78 is 0. The average Bonchev–Trinajstić information content (AvgIpc) is 2.34. The second-order valence-corrected chi connectivity index (χ2v) is 4.02. The minimum atomic E-state index is -0.214. The number of rotatable bonds is 2. The van der Waals surface area contributed by atoms with Crippen molar-refractivity contribution in [3.63, 3.8) is 0 Å². The van der Waals surface area contributed by atoms with Crippen molar-refractivity contribution < 1.29 is 4.79 Å². The van der Waals surface area contributed by atoms with Gasteiger partial charge in [0.1, 0.15) is 11.8 Å². The number of nitriles is 1. The van der Waals surface area contributed by atoms with Crippen LogP contribution in [0.4, 0.5) is 0 Å². The van der Waals surface area contributed by atoms with Crippen molar-refractivity contribution in [2.24, 2.45) is 0 Å². The molecule has 1 aliphatic heterocycles. The summed E-state index contributed by atoms with van der Waals surface area (Å²) in [6.45, 7) is 1.40. The fraction of sp³-hybridized carbons (Fsp3) is 0.385. The molecular formula is C13H14N2O. The van der Waals surface area contributed by atoms with E-state index in [4.69, 9.17) is 0 Å². The predicted molar refractivity (Wildman–Crippen MR) is 60.6 cm³/mol. The molecule has 82 valence electrons. The molecule has 0 bridgehead atoms. The molecule has 1 aromatic carbocycles. The molecule has 0 unspecified atom stereocenters. The molecule has 1 saturated heterocycles. The fourth-order valence-corrected chi connectivity index (χ4v) is 2.03. The van der Waals surface area contributed by atoms with Crippen LogP contribution in [0.15, 0.2) is 30.3 Å². The molecule has 0 N–H and O–H groups in total. The van der Waals surface area contributed by atoms with Crippen molar-refractivity contribution >= 4 is 5.78 Å². The maximum absolute atomic E-state index is 11.1. The molecular weight excluding hydrogens is 200 g/mol. The lowest BCUT2D eigenvalue weighted by molar-refractivity contribution is -0.121. The first-order valence-corrected chi connectivity index (χ1v) is 5.51. The molecule has 0 aliphatic carbocycles. The van der Waals surface area contributed by atoms with Gasteiger partial charge in [-0.3, -0.25) is 9.69 Å². The third-order valence-electron chi connectivity index (χ3n) is 2.96. The molecule has 1 fully saturated rings. The number of hydrogen-bond acceptors (Lipinski definition) is 3. The van der Waals surface area contributed by atoms with Crippen LogP contribution in [-0.2, 0) is 4.79 Å². The number of hydrogen-bond donors (Lipinski definition) is 0. The van der Waals surface area contributed by atoms with E-state index >= 15 is 0 Å². The van der Waals surface area contributed by atoms with Gasteiger partial charge in [0.25, 0.3) is 0 Å². The van der Waals surface area contributed by atoms with E-state index in [1.807, 2.05) is 30.3 Å². The van der Waals surface area contributed by atoms with Crippen molar-refractivity contribution in [3.8, 4) is 6.07 Å². The molecule has 0 saturated carbocycles. The van der Waals surface area contributed by atoms with Gasteiger partial charge in [-0.05, 0) is 5.56 Å². The van der Waals surface area contributed by atoms with Gasteiger partial charge in [-0.2, -0.15) is 5.26 Å². The second kappa shape index (κ2) is 4.91. The number of Topliss-reactive ketones (excluding diaryl/α,β-unsaturated/α-hetero) is 1. The lowest BCUT2D eigenvalue weighted by Gasteiger charge is -2.30. The van der Waals surface area contributed by atoms with Gasteiger partial charge >= 0.3 is 0 Å². The maximum atomic E-state index is 11.1. The Kier molecular flexibility index (Phi) is 3.33. The van der Waals surface area contributed by atoms with E-state index in [-0.39, 0.29) is 6.04 Å². The highest BCUT2D eigenvalue weighted by molar-refractivity contribution is 5.79. The van der Waals surface area contributed by atoms with Crippen LogP contribution in [0.5, 0.6) is 0 Å². The summed E-state index contributed by atoms with van der Waals surface area (Å²) in [5.74, 6) is 0.306. The number of nitrogens with zero attached hydrogens (tertiary/aromatic N) is 2. The van der Waals surface area contributed by atoms with Crippen LogP contribution in [0, 0.1) is 11.3 Å². The van der Waals surface area contributed by atoms with E-state index in [0.717, 1.165) is 5.56 Å². The van der Waals surface area contributed by atoms with Crippen molar-refractivity contribution in [3.05, 3.63) is 35.9 Å². The number of ketones is 1. The molecule has 1 atom stereocenters. The standard InChI is InChI=1S/C13H14N2O/c14-10-13(11-4-2-1-3-5-11)15-8-6-12(16)7-9-15/h1-5,13H,6-9H2/t13-/m1/s1. The normalized spacial score (nSPS) is 19.1. The SMILES string of the molecule is N#C[C@H](c1ccccc1)N1CCC(=O)CC1. The van der Waals surface area contributed by atoms with E-state index < -0.39 is 0 Å². The van der Waals surface area contributed by atoms with Gasteiger partial charge < -0.3 is 0 Å². The van der Waals surface area contributed by atoms with Crippen LogP contribution in [0.25, 0.3) is 0 Å². The average molecular weight is 214 g/mol. The Balaban J connectivity index is 2.12. The minimum absolute atomic E-state index is 0.214. The molecule has 0 radical (unpaired) electrons. The summed E-state index contributed by atoms with van der Waals surface area (Å²) in [7, 11) is 0. The van der Waals surface area contributed by atoms with Gasteiger partial charge in [0, 0.05) is 25.9 Å². The van der Waals surface area contributed by atoms with Gasteiger partial charge in [0.15, 0.2) is 0 Å². The van der Waals surface area contributed by atoms with E-state index in [1.54, 1.807) is 0 Å². The molecule has 16 heavy (non-hydrogen) atoms. The van der Waals surface area contributed by atoms with Crippen molar-refractivity contribution in [2.75, 3.05) is 13.1 Å². The van der Waals surface area contributed by atoms with Crippen LogP contribution < -0.4 is 0 Å². The second-order valence-electron chi connectivity index (χ2n) is 4.02. The van der Waals surface area contributed by atoms with Gasteiger partial charge in [-0.15, -0.1) is 0 Å². The van der Waals surface area contributed by atoms with Gasteiger partial charge in [0.05, 0.1) is 6.07 Å². The molecule has 3 heteroatoms. The lowest BCUT2D eigenvalue weighted by Crippen LogP contribution is -2.36.